The summed E-state index contributed by atoms with van der Waals surface area (Å²) in [6.07, 6.45) is 8.10. The van der Waals surface area contributed by atoms with E-state index in [2.05, 4.69) is 43.5 Å². The predicted molar refractivity (Wildman–Crippen MR) is 92.7 cm³/mol. The fraction of sp³-hybridized carbons (Fsp3) is 0.579. The molecule has 0 aliphatic carbocycles. The van der Waals surface area contributed by atoms with E-state index in [4.69, 9.17) is 5.73 Å². The fourth-order valence-electron chi connectivity index (χ4n) is 3.16. The van der Waals surface area contributed by atoms with Crippen LogP contribution >= 0.6 is 0 Å². The number of rotatable bonds is 8. The van der Waals surface area contributed by atoms with E-state index in [1.807, 2.05) is 0 Å². The first-order valence-corrected chi connectivity index (χ1v) is 8.47. The molecule has 0 unspecified atom stereocenters. The molecule has 0 aliphatic heterocycles. The zero-order chi connectivity index (χ0) is 15.2. The number of nitrogens with zero attached hydrogens (tertiary/aromatic N) is 1. The van der Waals surface area contributed by atoms with Crippen LogP contribution in [-0.4, -0.2) is 4.57 Å². The molecule has 2 N–H and O–H groups in total. The molecule has 0 atom stereocenters. The number of benzene rings is 1. The number of aryl methyl sites for hydroxylation is 2. The Morgan fingerprint density at radius 2 is 1.71 bits per heavy atom. The lowest BCUT2D eigenvalue weighted by Crippen LogP contribution is -2.01. The van der Waals surface area contributed by atoms with Gasteiger partial charge in [-0.25, -0.2) is 0 Å². The highest BCUT2D eigenvalue weighted by molar-refractivity contribution is 5.86. The first kappa shape index (κ1) is 16.1. The van der Waals surface area contributed by atoms with Crippen LogP contribution in [0.2, 0.25) is 0 Å². The zero-order valence-electron chi connectivity index (χ0n) is 13.9. The Kier molecular flexibility index (Phi) is 5.86. The van der Waals surface area contributed by atoms with Gasteiger partial charge in [0.2, 0.25) is 0 Å². The lowest BCUT2D eigenvalue weighted by Gasteiger charge is -2.09. The molecule has 0 fully saturated rings. The van der Waals surface area contributed by atoms with Gasteiger partial charge in [0.05, 0.1) is 0 Å². The van der Waals surface area contributed by atoms with Crippen molar-refractivity contribution >= 4 is 10.9 Å². The van der Waals surface area contributed by atoms with E-state index in [0.29, 0.717) is 6.54 Å². The van der Waals surface area contributed by atoms with Crippen LogP contribution in [0, 0.1) is 13.8 Å². The molecule has 0 aliphatic rings. The van der Waals surface area contributed by atoms with Gasteiger partial charge in [0.25, 0.3) is 0 Å². The summed E-state index contributed by atoms with van der Waals surface area (Å²) in [5.41, 5.74) is 11.2. The minimum absolute atomic E-state index is 0.622. The van der Waals surface area contributed by atoms with Crippen molar-refractivity contribution in [2.75, 3.05) is 0 Å². The van der Waals surface area contributed by atoms with Crippen molar-refractivity contribution in [3.63, 3.8) is 0 Å². The molecule has 0 amide bonds. The molecule has 2 rings (SSSR count). The van der Waals surface area contributed by atoms with Crippen molar-refractivity contribution in [1.29, 1.82) is 0 Å². The van der Waals surface area contributed by atoms with Crippen molar-refractivity contribution in [3.8, 4) is 0 Å². The quantitative estimate of drug-likeness (QED) is 0.674. The maximum Gasteiger partial charge on any atom is 0.0485 e. The molecular weight excluding hydrogens is 256 g/mol. The second-order valence-electron chi connectivity index (χ2n) is 6.19. The third-order valence-electron chi connectivity index (χ3n) is 4.67. The van der Waals surface area contributed by atoms with E-state index in [0.717, 1.165) is 6.54 Å². The van der Waals surface area contributed by atoms with Crippen molar-refractivity contribution in [3.05, 3.63) is 35.0 Å². The van der Waals surface area contributed by atoms with Crippen LogP contribution < -0.4 is 5.73 Å². The van der Waals surface area contributed by atoms with Crippen LogP contribution in [0.4, 0.5) is 0 Å². The van der Waals surface area contributed by atoms with E-state index in [-0.39, 0.29) is 0 Å². The van der Waals surface area contributed by atoms with Crippen LogP contribution in [0.15, 0.2) is 18.2 Å². The van der Waals surface area contributed by atoms with Gasteiger partial charge in [0.15, 0.2) is 0 Å². The lowest BCUT2D eigenvalue weighted by atomic mass is 10.1. The molecule has 0 saturated heterocycles. The molecule has 1 aromatic heterocycles. The van der Waals surface area contributed by atoms with Gasteiger partial charge in [-0.1, -0.05) is 45.1 Å². The maximum absolute atomic E-state index is 5.77. The normalized spacial score (nSPS) is 11.4. The zero-order valence-corrected chi connectivity index (χ0v) is 13.9. The minimum atomic E-state index is 0.622. The molecule has 1 aromatic carbocycles. The van der Waals surface area contributed by atoms with Gasteiger partial charge in [-0.15, -0.1) is 0 Å². The van der Waals surface area contributed by atoms with Crippen LogP contribution in [-0.2, 0) is 13.1 Å². The first-order chi connectivity index (χ1) is 10.2. The SMILES string of the molecule is CCCCCCCCn1c(C)c(C)c2cc(CN)ccc21. The lowest BCUT2D eigenvalue weighted by molar-refractivity contribution is 0.560. The molecule has 0 radical (unpaired) electrons. The van der Waals surface area contributed by atoms with Gasteiger partial charge >= 0.3 is 0 Å². The topological polar surface area (TPSA) is 30.9 Å². The van der Waals surface area contributed by atoms with Crippen LogP contribution in [0.1, 0.15) is 62.3 Å². The standard InChI is InChI=1S/C19H30N2/c1-4-5-6-7-8-9-12-21-16(3)15(2)18-13-17(14-20)10-11-19(18)21/h10-11,13H,4-9,12,14,20H2,1-3H3. The monoisotopic (exact) mass is 286 g/mol. The smallest absolute Gasteiger partial charge is 0.0485 e. The summed E-state index contributed by atoms with van der Waals surface area (Å²) >= 11 is 0. The maximum atomic E-state index is 5.77. The van der Waals surface area contributed by atoms with E-state index in [1.165, 1.54) is 66.2 Å². The Hall–Kier alpha value is -1.28. The molecule has 116 valence electrons. The third kappa shape index (κ3) is 3.68. The Balaban J connectivity index is 2.07. The van der Waals surface area contributed by atoms with Crippen molar-refractivity contribution < 1.29 is 0 Å². The molecule has 2 nitrogen and oxygen atoms in total. The Morgan fingerprint density at radius 3 is 2.43 bits per heavy atom. The highest BCUT2D eigenvalue weighted by Crippen LogP contribution is 2.26. The number of fused-ring (bicyclic) bond motifs is 1. The number of hydrogen-bond donors (Lipinski definition) is 1. The molecule has 21 heavy (non-hydrogen) atoms. The summed E-state index contributed by atoms with van der Waals surface area (Å²) in [6.45, 7) is 8.51. The Bertz CT molecular complexity index is 581. The molecular formula is C19H30N2. The first-order valence-electron chi connectivity index (χ1n) is 8.47. The van der Waals surface area contributed by atoms with Gasteiger partial charge < -0.3 is 10.3 Å². The summed E-state index contributed by atoms with van der Waals surface area (Å²) in [5, 5.41) is 1.38. The fourth-order valence-corrected chi connectivity index (χ4v) is 3.16. The summed E-state index contributed by atoms with van der Waals surface area (Å²) in [6, 6.07) is 6.67. The van der Waals surface area contributed by atoms with Crippen molar-refractivity contribution in [2.45, 2.75) is 72.4 Å². The average Bonchev–Trinajstić information content (AvgIpc) is 2.75. The number of aromatic nitrogens is 1. The number of hydrogen-bond acceptors (Lipinski definition) is 1. The Morgan fingerprint density at radius 1 is 1.00 bits per heavy atom. The van der Waals surface area contributed by atoms with Gasteiger partial charge in [-0.05, 0) is 43.5 Å². The number of unbranched alkanes of at least 4 members (excludes halogenated alkanes) is 5. The van der Waals surface area contributed by atoms with Crippen LogP contribution in [0.3, 0.4) is 0 Å². The molecule has 1 heterocycles. The van der Waals surface area contributed by atoms with E-state index < -0.39 is 0 Å². The van der Waals surface area contributed by atoms with Gasteiger partial charge in [0.1, 0.15) is 0 Å². The van der Waals surface area contributed by atoms with Gasteiger partial charge in [-0.3, -0.25) is 0 Å². The van der Waals surface area contributed by atoms with E-state index in [1.54, 1.807) is 0 Å². The third-order valence-corrected chi connectivity index (χ3v) is 4.67. The second kappa shape index (κ2) is 7.65. The van der Waals surface area contributed by atoms with Crippen LogP contribution in [0.25, 0.3) is 10.9 Å². The summed E-state index contributed by atoms with van der Waals surface area (Å²) < 4.78 is 2.49. The summed E-state index contributed by atoms with van der Waals surface area (Å²) in [4.78, 5) is 0. The predicted octanol–water partition coefficient (Wildman–Crippen LogP) is 5.08. The molecule has 0 bridgehead atoms. The molecule has 2 heteroatoms. The largest absolute Gasteiger partial charge is 0.345 e. The molecule has 0 saturated carbocycles. The van der Waals surface area contributed by atoms with Gasteiger partial charge in [-0.2, -0.15) is 0 Å². The summed E-state index contributed by atoms with van der Waals surface area (Å²) in [7, 11) is 0. The van der Waals surface area contributed by atoms with E-state index >= 15 is 0 Å². The van der Waals surface area contributed by atoms with E-state index in [9.17, 15) is 0 Å². The van der Waals surface area contributed by atoms with Gasteiger partial charge in [0, 0.05) is 29.7 Å². The molecule has 2 aromatic rings. The number of nitrogens with two attached hydrogens (primary N) is 1. The van der Waals surface area contributed by atoms with Crippen molar-refractivity contribution in [1.82, 2.24) is 4.57 Å². The Labute approximate surface area is 129 Å². The summed E-state index contributed by atoms with van der Waals surface area (Å²) in [5.74, 6) is 0. The molecule has 0 spiro atoms. The second-order valence-corrected chi connectivity index (χ2v) is 6.19. The highest BCUT2D eigenvalue weighted by Gasteiger charge is 2.10. The average molecular weight is 286 g/mol. The van der Waals surface area contributed by atoms with Crippen LogP contribution in [0.5, 0.6) is 0 Å². The minimum Gasteiger partial charge on any atom is -0.345 e. The van der Waals surface area contributed by atoms with Crippen molar-refractivity contribution in [2.24, 2.45) is 5.73 Å². The highest BCUT2D eigenvalue weighted by atomic mass is 15.0.